The van der Waals surface area contributed by atoms with Gasteiger partial charge in [-0.15, -0.1) is 0 Å². The number of hydrogen-bond donors (Lipinski definition) is 2. The fraction of sp³-hybridized carbons (Fsp3) is 0.565. The molecule has 0 bridgehead atoms. The Morgan fingerprint density at radius 1 is 1.24 bits per heavy atom. The van der Waals surface area contributed by atoms with Crippen LogP contribution in [0.1, 0.15) is 51.0 Å². The zero-order valence-corrected chi connectivity index (χ0v) is 16.8. The highest BCUT2D eigenvalue weighted by molar-refractivity contribution is 5.30. The Bertz CT molecular complexity index is 670. The molecule has 0 saturated heterocycles. The third-order valence-electron chi connectivity index (χ3n) is 5.29. The molecular weight excluding hydrogens is 381 g/mol. The molecule has 1 unspecified atom stereocenters. The van der Waals surface area contributed by atoms with Crippen LogP contribution in [0.25, 0.3) is 0 Å². The molecule has 1 aromatic rings. The summed E-state index contributed by atoms with van der Waals surface area (Å²) in [6.45, 7) is 2.01. The SMILES string of the molecule is CCCC/C=C\C[C@H]1CC[C@@H](O)C1/C=C/[C@@H](O)COc1cccc(C(F)(F)F)c1. The number of alkyl halides is 3. The van der Waals surface area contributed by atoms with Gasteiger partial charge in [-0.1, -0.05) is 50.1 Å². The molecule has 0 aromatic heterocycles. The van der Waals surface area contributed by atoms with Crippen molar-refractivity contribution in [3.63, 3.8) is 0 Å². The van der Waals surface area contributed by atoms with E-state index in [1.165, 1.54) is 18.6 Å². The van der Waals surface area contributed by atoms with E-state index in [0.29, 0.717) is 5.92 Å². The number of rotatable bonds is 10. The molecule has 1 saturated carbocycles. The second-order valence-electron chi connectivity index (χ2n) is 7.62. The zero-order valence-electron chi connectivity index (χ0n) is 16.8. The maximum Gasteiger partial charge on any atom is 0.416 e. The van der Waals surface area contributed by atoms with E-state index < -0.39 is 23.9 Å². The van der Waals surface area contributed by atoms with Crippen LogP contribution in [0.4, 0.5) is 13.2 Å². The molecule has 162 valence electrons. The molecule has 0 aliphatic heterocycles. The molecule has 4 atom stereocenters. The quantitative estimate of drug-likeness (QED) is 0.393. The summed E-state index contributed by atoms with van der Waals surface area (Å²) in [6.07, 6.45) is 7.90. The highest BCUT2D eigenvalue weighted by Crippen LogP contribution is 2.36. The van der Waals surface area contributed by atoms with Gasteiger partial charge < -0.3 is 14.9 Å². The summed E-state index contributed by atoms with van der Waals surface area (Å²) >= 11 is 0. The molecular formula is C23H31F3O3. The fourth-order valence-corrected chi connectivity index (χ4v) is 3.61. The molecule has 1 aliphatic rings. The molecule has 2 rings (SSSR count). The molecule has 0 amide bonds. The van der Waals surface area contributed by atoms with Crippen molar-refractivity contribution in [3.8, 4) is 5.75 Å². The first-order chi connectivity index (χ1) is 13.8. The second kappa shape index (κ2) is 11.4. The molecule has 3 nitrogen and oxygen atoms in total. The topological polar surface area (TPSA) is 49.7 Å². The van der Waals surface area contributed by atoms with Gasteiger partial charge in [0.2, 0.25) is 0 Å². The summed E-state index contributed by atoms with van der Waals surface area (Å²) in [4.78, 5) is 0. The summed E-state index contributed by atoms with van der Waals surface area (Å²) < 4.78 is 43.5. The van der Waals surface area contributed by atoms with Gasteiger partial charge in [-0.05, 0) is 49.8 Å². The predicted molar refractivity (Wildman–Crippen MR) is 108 cm³/mol. The first kappa shape index (κ1) is 23.5. The van der Waals surface area contributed by atoms with Crippen LogP contribution in [0.2, 0.25) is 0 Å². The zero-order chi connectivity index (χ0) is 21.3. The molecule has 6 heteroatoms. The molecule has 0 spiro atoms. The number of unbranched alkanes of at least 4 members (excludes halogenated alkanes) is 2. The van der Waals surface area contributed by atoms with Crippen LogP contribution in [0, 0.1) is 11.8 Å². The summed E-state index contributed by atoms with van der Waals surface area (Å²) in [7, 11) is 0. The van der Waals surface area contributed by atoms with Crippen molar-refractivity contribution in [1.82, 2.24) is 0 Å². The van der Waals surface area contributed by atoms with Crippen LogP contribution in [-0.2, 0) is 6.18 Å². The van der Waals surface area contributed by atoms with Gasteiger partial charge in [-0.2, -0.15) is 13.2 Å². The maximum atomic E-state index is 12.7. The molecule has 2 N–H and O–H groups in total. The Hall–Kier alpha value is -1.79. The van der Waals surface area contributed by atoms with E-state index in [-0.39, 0.29) is 18.3 Å². The van der Waals surface area contributed by atoms with E-state index in [9.17, 15) is 23.4 Å². The number of ether oxygens (including phenoxy) is 1. The number of allylic oxidation sites excluding steroid dienone is 2. The molecule has 1 aliphatic carbocycles. The lowest BCUT2D eigenvalue weighted by atomic mass is 9.91. The maximum absolute atomic E-state index is 12.7. The molecule has 1 aromatic carbocycles. The van der Waals surface area contributed by atoms with Gasteiger partial charge in [0.25, 0.3) is 0 Å². The van der Waals surface area contributed by atoms with Gasteiger partial charge in [-0.25, -0.2) is 0 Å². The van der Waals surface area contributed by atoms with E-state index in [0.717, 1.165) is 44.2 Å². The molecule has 29 heavy (non-hydrogen) atoms. The second-order valence-corrected chi connectivity index (χ2v) is 7.62. The van der Waals surface area contributed by atoms with Gasteiger partial charge >= 0.3 is 6.18 Å². The van der Waals surface area contributed by atoms with E-state index in [2.05, 4.69) is 19.1 Å². The monoisotopic (exact) mass is 412 g/mol. The van der Waals surface area contributed by atoms with Gasteiger partial charge in [0.1, 0.15) is 18.5 Å². The Balaban J connectivity index is 1.85. The van der Waals surface area contributed by atoms with E-state index in [1.807, 2.05) is 6.08 Å². The highest BCUT2D eigenvalue weighted by atomic mass is 19.4. The molecule has 0 radical (unpaired) electrons. The normalized spacial score (nSPS) is 23.9. The molecule has 0 heterocycles. The summed E-state index contributed by atoms with van der Waals surface area (Å²) in [5.41, 5.74) is -0.788. The van der Waals surface area contributed by atoms with Crippen molar-refractivity contribution in [2.45, 2.75) is 63.8 Å². The smallest absolute Gasteiger partial charge is 0.416 e. The molecule has 1 fully saturated rings. The van der Waals surface area contributed by atoms with Gasteiger partial charge in [0.15, 0.2) is 0 Å². The number of halogens is 3. The first-order valence-corrected chi connectivity index (χ1v) is 10.3. The van der Waals surface area contributed by atoms with Crippen molar-refractivity contribution in [1.29, 1.82) is 0 Å². The minimum atomic E-state index is -4.43. The largest absolute Gasteiger partial charge is 0.491 e. The fourth-order valence-electron chi connectivity index (χ4n) is 3.61. The number of hydrogen-bond acceptors (Lipinski definition) is 3. The van der Waals surface area contributed by atoms with Crippen molar-refractivity contribution < 1.29 is 28.1 Å². The standard InChI is InChI=1S/C23H31F3O3/c1-2-3-4-5-6-8-17-11-14-22(28)21(17)13-12-19(27)16-29-20-10-7-9-18(15-20)23(24,25)26/h5-7,9-10,12-13,15,17,19,21-22,27-28H,2-4,8,11,14,16H2,1H3/b6-5-,13-12+/t17-,19+,21?,22+/m0/s1. The third-order valence-corrected chi connectivity index (χ3v) is 5.29. The Morgan fingerprint density at radius 2 is 2.03 bits per heavy atom. The van der Waals surface area contributed by atoms with Crippen molar-refractivity contribution in [2.75, 3.05) is 6.61 Å². The van der Waals surface area contributed by atoms with Crippen molar-refractivity contribution in [2.24, 2.45) is 11.8 Å². The van der Waals surface area contributed by atoms with Crippen LogP contribution in [0.3, 0.4) is 0 Å². The lowest BCUT2D eigenvalue weighted by Gasteiger charge is -2.18. The number of aliphatic hydroxyl groups is 2. The van der Waals surface area contributed by atoms with Crippen LogP contribution in [0.15, 0.2) is 48.6 Å². The van der Waals surface area contributed by atoms with Crippen LogP contribution in [-0.4, -0.2) is 29.0 Å². The van der Waals surface area contributed by atoms with Crippen LogP contribution in [0.5, 0.6) is 5.75 Å². The number of aliphatic hydroxyl groups excluding tert-OH is 2. The van der Waals surface area contributed by atoms with Gasteiger partial charge in [-0.3, -0.25) is 0 Å². The minimum Gasteiger partial charge on any atom is -0.491 e. The van der Waals surface area contributed by atoms with E-state index in [4.69, 9.17) is 4.74 Å². The average Bonchev–Trinajstić information content (AvgIpc) is 3.03. The van der Waals surface area contributed by atoms with Gasteiger partial charge in [0.05, 0.1) is 11.7 Å². The lowest BCUT2D eigenvalue weighted by molar-refractivity contribution is -0.137. The lowest BCUT2D eigenvalue weighted by Crippen LogP contribution is -2.19. The summed E-state index contributed by atoms with van der Waals surface area (Å²) in [5.74, 6) is 0.355. The number of benzene rings is 1. The van der Waals surface area contributed by atoms with E-state index >= 15 is 0 Å². The summed E-state index contributed by atoms with van der Waals surface area (Å²) in [6, 6.07) is 4.58. The average molecular weight is 412 g/mol. The van der Waals surface area contributed by atoms with E-state index in [1.54, 1.807) is 6.08 Å². The van der Waals surface area contributed by atoms with Crippen molar-refractivity contribution >= 4 is 0 Å². The van der Waals surface area contributed by atoms with Crippen LogP contribution < -0.4 is 4.74 Å². The Labute approximate surface area is 170 Å². The summed E-state index contributed by atoms with van der Waals surface area (Å²) in [5, 5.41) is 20.3. The highest BCUT2D eigenvalue weighted by Gasteiger charge is 2.32. The van der Waals surface area contributed by atoms with Crippen LogP contribution >= 0.6 is 0 Å². The first-order valence-electron chi connectivity index (χ1n) is 10.3. The minimum absolute atomic E-state index is 0.0333. The van der Waals surface area contributed by atoms with Gasteiger partial charge in [0, 0.05) is 5.92 Å². The third kappa shape index (κ3) is 7.86. The Morgan fingerprint density at radius 3 is 2.76 bits per heavy atom. The predicted octanol–water partition coefficient (Wildman–Crippen LogP) is 5.52. The Kier molecular flexibility index (Phi) is 9.24. The van der Waals surface area contributed by atoms with Crippen molar-refractivity contribution in [3.05, 3.63) is 54.1 Å².